The highest BCUT2D eigenvalue weighted by atomic mass is 16.5. The third-order valence-corrected chi connectivity index (χ3v) is 4.18. The summed E-state index contributed by atoms with van der Waals surface area (Å²) in [5.41, 5.74) is 6.31. The second kappa shape index (κ2) is 7.29. The van der Waals surface area contributed by atoms with Crippen molar-refractivity contribution in [3.8, 4) is 5.75 Å². The molecule has 0 heterocycles. The zero-order valence-corrected chi connectivity index (χ0v) is 12.9. The van der Waals surface area contributed by atoms with Crippen molar-refractivity contribution in [2.45, 2.75) is 39.7 Å². The van der Waals surface area contributed by atoms with Gasteiger partial charge in [0.2, 0.25) is 5.91 Å². The Morgan fingerprint density at radius 2 is 1.95 bits per heavy atom. The molecule has 0 unspecified atom stereocenters. The van der Waals surface area contributed by atoms with Gasteiger partial charge in [0.15, 0.2) is 0 Å². The molecule has 0 saturated carbocycles. The first-order valence-corrected chi connectivity index (χ1v) is 7.18. The van der Waals surface area contributed by atoms with Crippen LogP contribution in [0.25, 0.3) is 0 Å². The molecule has 0 fully saturated rings. The van der Waals surface area contributed by atoms with E-state index in [0.29, 0.717) is 6.54 Å². The van der Waals surface area contributed by atoms with E-state index in [1.54, 1.807) is 7.11 Å². The van der Waals surface area contributed by atoms with E-state index in [4.69, 9.17) is 10.5 Å². The Kier molecular flexibility index (Phi) is 6.02. The van der Waals surface area contributed by atoms with E-state index in [9.17, 15) is 4.79 Å². The van der Waals surface area contributed by atoms with Crippen molar-refractivity contribution < 1.29 is 9.53 Å². The van der Waals surface area contributed by atoms with Gasteiger partial charge < -0.3 is 15.8 Å². The number of hydrogen-bond acceptors (Lipinski definition) is 3. The molecule has 0 saturated heterocycles. The maximum atomic E-state index is 12.5. The predicted octanol–water partition coefficient (Wildman–Crippen LogP) is 2.64. The second-order valence-corrected chi connectivity index (χ2v) is 5.13. The van der Waals surface area contributed by atoms with E-state index < -0.39 is 5.41 Å². The summed E-state index contributed by atoms with van der Waals surface area (Å²) in [7, 11) is 1.63. The number of carbonyl (C=O) groups is 1. The molecule has 3 N–H and O–H groups in total. The molecule has 0 radical (unpaired) electrons. The van der Waals surface area contributed by atoms with Crippen LogP contribution in [-0.2, 0) is 4.79 Å². The van der Waals surface area contributed by atoms with Gasteiger partial charge in [-0.2, -0.15) is 0 Å². The molecule has 4 nitrogen and oxygen atoms in total. The Balaban J connectivity index is 2.89. The minimum absolute atomic E-state index is 0.0170. The quantitative estimate of drug-likeness (QED) is 0.806. The molecule has 1 amide bonds. The van der Waals surface area contributed by atoms with E-state index in [0.717, 1.165) is 24.2 Å². The summed E-state index contributed by atoms with van der Waals surface area (Å²) < 4.78 is 5.34. The molecular weight excluding hydrogens is 252 g/mol. The van der Waals surface area contributed by atoms with Crippen molar-refractivity contribution in [1.29, 1.82) is 0 Å². The largest absolute Gasteiger partial charge is 0.496 e. The van der Waals surface area contributed by atoms with Gasteiger partial charge in [-0.15, -0.1) is 0 Å². The van der Waals surface area contributed by atoms with Crippen LogP contribution in [0.3, 0.4) is 0 Å². The lowest BCUT2D eigenvalue weighted by Gasteiger charge is -2.30. The van der Waals surface area contributed by atoms with E-state index in [1.165, 1.54) is 0 Å². The number of amides is 1. The van der Waals surface area contributed by atoms with Crippen molar-refractivity contribution in [3.63, 3.8) is 0 Å². The minimum atomic E-state index is -0.476. The van der Waals surface area contributed by atoms with Gasteiger partial charge in [-0.1, -0.05) is 32.0 Å². The highest BCUT2D eigenvalue weighted by Gasteiger charge is 2.34. The molecule has 0 spiro atoms. The normalized spacial score (nSPS) is 12.8. The van der Waals surface area contributed by atoms with E-state index in [2.05, 4.69) is 5.32 Å². The van der Waals surface area contributed by atoms with Crippen LogP contribution in [0.4, 0.5) is 0 Å². The van der Waals surface area contributed by atoms with Gasteiger partial charge >= 0.3 is 0 Å². The van der Waals surface area contributed by atoms with Gasteiger partial charge in [-0.05, 0) is 25.8 Å². The molecule has 0 bridgehead atoms. The van der Waals surface area contributed by atoms with Crippen molar-refractivity contribution in [1.82, 2.24) is 5.32 Å². The van der Waals surface area contributed by atoms with Crippen LogP contribution in [0.1, 0.15) is 45.2 Å². The van der Waals surface area contributed by atoms with Crippen molar-refractivity contribution in [2.75, 3.05) is 13.7 Å². The molecule has 1 aromatic rings. The second-order valence-electron chi connectivity index (χ2n) is 5.13. The lowest BCUT2D eigenvalue weighted by Crippen LogP contribution is -2.46. The molecule has 1 aromatic carbocycles. The van der Waals surface area contributed by atoms with Crippen LogP contribution < -0.4 is 15.8 Å². The van der Waals surface area contributed by atoms with Crippen molar-refractivity contribution >= 4 is 5.91 Å². The van der Waals surface area contributed by atoms with E-state index in [-0.39, 0.29) is 11.9 Å². The Bertz CT molecular complexity index is 434. The monoisotopic (exact) mass is 278 g/mol. The van der Waals surface area contributed by atoms with Crippen LogP contribution in [0.15, 0.2) is 24.3 Å². The maximum Gasteiger partial charge on any atom is 0.227 e. The Morgan fingerprint density at radius 3 is 2.45 bits per heavy atom. The number of nitrogens with two attached hydrogens (primary N) is 1. The van der Waals surface area contributed by atoms with E-state index >= 15 is 0 Å². The fourth-order valence-corrected chi connectivity index (χ4v) is 2.40. The van der Waals surface area contributed by atoms with Crippen molar-refractivity contribution in [2.24, 2.45) is 11.1 Å². The Hall–Kier alpha value is -1.55. The predicted molar refractivity (Wildman–Crippen MR) is 81.6 cm³/mol. The highest BCUT2D eigenvalue weighted by molar-refractivity contribution is 5.83. The molecule has 112 valence electrons. The summed E-state index contributed by atoms with van der Waals surface area (Å²) in [6.45, 7) is 6.33. The molecular formula is C16H26N2O2. The zero-order chi connectivity index (χ0) is 15.2. The standard InChI is InChI=1S/C16H26N2O2/c1-5-16(6-2,11-17)15(19)18-12(3)13-9-7-8-10-14(13)20-4/h7-10,12H,5-6,11,17H2,1-4H3,(H,18,19)/t12-/m0/s1. The number of carbonyl (C=O) groups excluding carboxylic acids is 1. The van der Waals surface area contributed by atoms with Gasteiger partial charge in [-0.25, -0.2) is 0 Å². The first-order chi connectivity index (χ1) is 9.54. The Labute approximate surface area is 121 Å². The summed E-state index contributed by atoms with van der Waals surface area (Å²) >= 11 is 0. The Morgan fingerprint density at radius 1 is 1.35 bits per heavy atom. The summed E-state index contributed by atoms with van der Waals surface area (Å²) in [6.07, 6.45) is 1.48. The highest BCUT2D eigenvalue weighted by Crippen LogP contribution is 2.29. The van der Waals surface area contributed by atoms with Gasteiger partial charge in [-0.3, -0.25) is 4.79 Å². The fourth-order valence-electron chi connectivity index (χ4n) is 2.40. The van der Waals surface area contributed by atoms with Crippen LogP contribution in [0.5, 0.6) is 5.75 Å². The molecule has 0 aliphatic carbocycles. The average molecular weight is 278 g/mol. The maximum absolute atomic E-state index is 12.5. The number of para-hydroxylation sites is 1. The molecule has 20 heavy (non-hydrogen) atoms. The van der Waals surface area contributed by atoms with Gasteiger partial charge in [0.25, 0.3) is 0 Å². The van der Waals surface area contributed by atoms with Crippen molar-refractivity contribution in [3.05, 3.63) is 29.8 Å². The summed E-state index contributed by atoms with van der Waals surface area (Å²) in [5.74, 6) is 0.801. The molecule has 4 heteroatoms. The average Bonchev–Trinajstić information content (AvgIpc) is 2.49. The first kappa shape index (κ1) is 16.5. The number of nitrogens with one attached hydrogen (secondary N) is 1. The molecule has 0 aliphatic rings. The van der Waals surface area contributed by atoms with Crippen LogP contribution in [0, 0.1) is 5.41 Å². The van der Waals surface area contributed by atoms with Crippen LogP contribution in [0.2, 0.25) is 0 Å². The number of hydrogen-bond donors (Lipinski definition) is 2. The summed E-state index contributed by atoms with van der Waals surface area (Å²) in [6, 6.07) is 7.61. The van der Waals surface area contributed by atoms with E-state index in [1.807, 2.05) is 45.0 Å². The number of benzene rings is 1. The third-order valence-electron chi connectivity index (χ3n) is 4.18. The first-order valence-electron chi connectivity index (χ1n) is 7.18. The SMILES string of the molecule is CCC(CC)(CN)C(=O)N[C@@H](C)c1ccccc1OC. The van der Waals surface area contributed by atoms with Gasteiger partial charge in [0, 0.05) is 12.1 Å². The smallest absolute Gasteiger partial charge is 0.227 e. The summed E-state index contributed by atoms with van der Waals surface area (Å²) in [4.78, 5) is 12.5. The van der Waals surface area contributed by atoms with Crippen LogP contribution >= 0.6 is 0 Å². The fraction of sp³-hybridized carbons (Fsp3) is 0.562. The number of rotatable bonds is 7. The topological polar surface area (TPSA) is 64.4 Å². The zero-order valence-electron chi connectivity index (χ0n) is 12.9. The molecule has 1 atom stereocenters. The third kappa shape index (κ3) is 3.31. The van der Waals surface area contributed by atoms with Gasteiger partial charge in [0.1, 0.15) is 5.75 Å². The lowest BCUT2D eigenvalue weighted by molar-refractivity contribution is -0.131. The minimum Gasteiger partial charge on any atom is -0.496 e. The molecule has 0 aliphatic heterocycles. The lowest BCUT2D eigenvalue weighted by atomic mass is 9.81. The number of methoxy groups -OCH3 is 1. The van der Waals surface area contributed by atoms with Crippen LogP contribution in [-0.4, -0.2) is 19.6 Å². The molecule has 1 rings (SSSR count). The summed E-state index contributed by atoms with van der Waals surface area (Å²) in [5, 5.41) is 3.07. The molecule has 0 aromatic heterocycles. The van der Waals surface area contributed by atoms with Gasteiger partial charge in [0.05, 0.1) is 18.6 Å². The number of ether oxygens (including phenoxy) is 1.